The number of nitrogens with two attached hydrogens (primary N) is 1. The van der Waals surface area contributed by atoms with E-state index in [0.29, 0.717) is 18.8 Å². The number of anilines is 1. The minimum absolute atomic E-state index is 0.0277. The van der Waals surface area contributed by atoms with Gasteiger partial charge in [0.1, 0.15) is 4.90 Å². The number of nitrogens with one attached hydrogen (secondary N) is 2. The van der Waals surface area contributed by atoms with E-state index in [1.807, 2.05) is 6.92 Å². The van der Waals surface area contributed by atoms with Crippen LogP contribution in [0.4, 0.5) is 5.69 Å². The maximum absolute atomic E-state index is 12.2. The Hall–Kier alpha value is -1.15. The van der Waals surface area contributed by atoms with Crippen LogP contribution in [0.25, 0.3) is 0 Å². The molecular formula is C14H23N3O3S. The summed E-state index contributed by atoms with van der Waals surface area (Å²) in [6, 6.07) is 6.74. The second-order valence-electron chi connectivity index (χ2n) is 5.06. The molecule has 1 aromatic rings. The van der Waals surface area contributed by atoms with E-state index in [4.69, 9.17) is 10.5 Å². The number of ether oxygens (including phenoxy) is 1. The average molecular weight is 313 g/mol. The maximum atomic E-state index is 12.2. The largest absolute Gasteiger partial charge is 0.377 e. The van der Waals surface area contributed by atoms with Crippen LogP contribution in [0.2, 0.25) is 0 Å². The summed E-state index contributed by atoms with van der Waals surface area (Å²) in [5.74, 6) is 0. The van der Waals surface area contributed by atoms with E-state index in [2.05, 4.69) is 10.0 Å². The summed E-state index contributed by atoms with van der Waals surface area (Å²) in [5, 5.41) is 3.23. The van der Waals surface area contributed by atoms with Crippen molar-refractivity contribution in [2.75, 3.05) is 18.5 Å². The molecule has 0 heterocycles. The van der Waals surface area contributed by atoms with Crippen molar-refractivity contribution in [3.63, 3.8) is 0 Å². The number of sulfonamides is 1. The summed E-state index contributed by atoms with van der Waals surface area (Å²) in [7, 11) is -3.51. The van der Waals surface area contributed by atoms with E-state index in [1.54, 1.807) is 31.2 Å². The Bertz CT molecular complexity index is 575. The first-order valence-electron chi connectivity index (χ1n) is 7.22. The summed E-state index contributed by atoms with van der Waals surface area (Å²) in [5.41, 5.74) is 6.56. The average Bonchev–Trinajstić information content (AvgIpc) is 2.45. The van der Waals surface area contributed by atoms with Gasteiger partial charge in [0.25, 0.3) is 0 Å². The zero-order chi connectivity index (χ0) is 15.5. The predicted molar refractivity (Wildman–Crippen MR) is 82.7 cm³/mol. The van der Waals surface area contributed by atoms with Crippen LogP contribution in [0.3, 0.4) is 0 Å². The van der Waals surface area contributed by atoms with Gasteiger partial charge in [0.2, 0.25) is 10.0 Å². The molecule has 3 atom stereocenters. The van der Waals surface area contributed by atoms with Gasteiger partial charge in [-0.1, -0.05) is 19.1 Å². The first-order valence-corrected chi connectivity index (χ1v) is 8.70. The lowest BCUT2D eigenvalue weighted by molar-refractivity contribution is -0.0126. The fourth-order valence-electron chi connectivity index (χ4n) is 2.49. The van der Waals surface area contributed by atoms with E-state index < -0.39 is 10.0 Å². The lowest BCUT2D eigenvalue weighted by Gasteiger charge is -2.43. The molecule has 21 heavy (non-hydrogen) atoms. The Balaban J connectivity index is 2.21. The molecule has 0 spiro atoms. The predicted octanol–water partition coefficient (Wildman–Crippen LogP) is 0.901. The third-order valence-electron chi connectivity index (χ3n) is 3.58. The molecule has 0 aliphatic heterocycles. The quantitative estimate of drug-likeness (QED) is 0.695. The Morgan fingerprint density at radius 3 is 2.67 bits per heavy atom. The van der Waals surface area contributed by atoms with Gasteiger partial charge in [-0.05, 0) is 25.5 Å². The molecule has 6 nitrogen and oxygen atoms in total. The highest BCUT2D eigenvalue weighted by Gasteiger charge is 2.39. The number of rotatable bonds is 7. The van der Waals surface area contributed by atoms with Crippen LogP contribution < -0.4 is 15.8 Å². The van der Waals surface area contributed by atoms with Crippen molar-refractivity contribution in [3.05, 3.63) is 24.3 Å². The molecule has 2 rings (SSSR count). The first kappa shape index (κ1) is 16.2. The highest BCUT2D eigenvalue weighted by atomic mass is 32.2. The van der Waals surface area contributed by atoms with Crippen LogP contribution in [0, 0.1) is 0 Å². The molecule has 0 radical (unpaired) electrons. The molecule has 1 saturated carbocycles. The normalized spacial score (nSPS) is 25.4. The van der Waals surface area contributed by atoms with Crippen LogP contribution in [-0.4, -0.2) is 39.8 Å². The lowest BCUT2D eigenvalue weighted by Crippen LogP contribution is -2.60. The molecule has 7 heteroatoms. The summed E-state index contributed by atoms with van der Waals surface area (Å²) < 4.78 is 32.5. The molecule has 1 aromatic carbocycles. The summed E-state index contributed by atoms with van der Waals surface area (Å²) >= 11 is 0. The van der Waals surface area contributed by atoms with E-state index >= 15 is 0 Å². The van der Waals surface area contributed by atoms with Crippen molar-refractivity contribution >= 4 is 15.7 Å². The molecule has 1 fully saturated rings. The third kappa shape index (κ3) is 3.55. The van der Waals surface area contributed by atoms with Gasteiger partial charge >= 0.3 is 0 Å². The second kappa shape index (κ2) is 6.74. The molecule has 0 amide bonds. The zero-order valence-electron chi connectivity index (χ0n) is 12.4. The van der Waals surface area contributed by atoms with Crippen molar-refractivity contribution in [3.8, 4) is 0 Å². The highest BCUT2D eigenvalue weighted by Crippen LogP contribution is 2.29. The number of benzene rings is 1. The Morgan fingerprint density at radius 2 is 2.05 bits per heavy atom. The number of hydrogen-bond acceptors (Lipinski definition) is 5. The number of hydrogen-bond donors (Lipinski definition) is 3. The molecule has 0 saturated heterocycles. The van der Waals surface area contributed by atoms with Crippen LogP contribution in [0.1, 0.15) is 20.3 Å². The van der Waals surface area contributed by atoms with Gasteiger partial charge in [-0.3, -0.25) is 0 Å². The fraction of sp³-hybridized carbons (Fsp3) is 0.571. The maximum Gasteiger partial charge on any atom is 0.242 e. The molecule has 1 aliphatic rings. The standard InChI is InChI=1S/C14H23N3O3S/c1-3-16-21(18,19)13-8-6-5-7-11(13)17-14-10(15)9-12(14)20-4-2/h5-8,10,12,14,16-17H,3-4,9,15H2,1-2H3. The smallest absolute Gasteiger partial charge is 0.242 e. The molecule has 118 valence electrons. The van der Waals surface area contributed by atoms with Crippen LogP contribution >= 0.6 is 0 Å². The van der Waals surface area contributed by atoms with Crippen LogP contribution in [0.15, 0.2) is 29.2 Å². The minimum Gasteiger partial charge on any atom is -0.377 e. The topological polar surface area (TPSA) is 93.5 Å². The second-order valence-corrected chi connectivity index (χ2v) is 6.80. The van der Waals surface area contributed by atoms with Gasteiger partial charge in [0.15, 0.2) is 0 Å². The van der Waals surface area contributed by atoms with Gasteiger partial charge in [-0.25, -0.2) is 13.1 Å². The van der Waals surface area contributed by atoms with E-state index in [1.165, 1.54) is 0 Å². The summed E-state index contributed by atoms with van der Waals surface area (Å²) in [6.45, 7) is 4.65. The highest BCUT2D eigenvalue weighted by molar-refractivity contribution is 7.89. The minimum atomic E-state index is -3.51. The molecule has 1 aliphatic carbocycles. The SMILES string of the molecule is CCNS(=O)(=O)c1ccccc1NC1C(N)CC1OCC. The van der Waals surface area contributed by atoms with Crippen molar-refractivity contribution in [1.82, 2.24) is 4.72 Å². The van der Waals surface area contributed by atoms with Gasteiger partial charge in [0.05, 0.1) is 17.8 Å². The van der Waals surface area contributed by atoms with Gasteiger partial charge in [0, 0.05) is 19.2 Å². The molecule has 0 bridgehead atoms. The van der Waals surface area contributed by atoms with Crippen molar-refractivity contribution in [2.24, 2.45) is 5.73 Å². The summed E-state index contributed by atoms with van der Waals surface area (Å²) in [6.07, 6.45) is 0.813. The van der Waals surface area contributed by atoms with E-state index in [-0.39, 0.29) is 23.1 Å². The van der Waals surface area contributed by atoms with E-state index in [9.17, 15) is 8.42 Å². The number of para-hydroxylation sites is 1. The summed E-state index contributed by atoms with van der Waals surface area (Å²) in [4.78, 5) is 0.237. The van der Waals surface area contributed by atoms with Gasteiger partial charge in [-0.15, -0.1) is 0 Å². The Kier molecular flexibility index (Phi) is 5.21. The lowest BCUT2D eigenvalue weighted by atomic mass is 9.83. The fourth-order valence-corrected chi connectivity index (χ4v) is 3.70. The van der Waals surface area contributed by atoms with Crippen molar-refractivity contribution in [1.29, 1.82) is 0 Å². The first-order chi connectivity index (χ1) is 9.99. The molecule has 3 unspecified atom stereocenters. The zero-order valence-corrected chi connectivity index (χ0v) is 13.2. The third-order valence-corrected chi connectivity index (χ3v) is 5.18. The Labute approximate surface area is 126 Å². The van der Waals surface area contributed by atoms with Crippen LogP contribution in [-0.2, 0) is 14.8 Å². The molecular weight excluding hydrogens is 290 g/mol. The van der Waals surface area contributed by atoms with E-state index in [0.717, 1.165) is 6.42 Å². The van der Waals surface area contributed by atoms with Gasteiger partial charge in [-0.2, -0.15) is 0 Å². The monoisotopic (exact) mass is 313 g/mol. The molecule has 4 N–H and O–H groups in total. The van der Waals surface area contributed by atoms with Crippen LogP contribution in [0.5, 0.6) is 0 Å². The Morgan fingerprint density at radius 1 is 1.33 bits per heavy atom. The van der Waals surface area contributed by atoms with Crippen molar-refractivity contribution in [2.45, 2.75) is 43.4 Å². The molecule has 0 aromatic heterocycles. The van der Waals surface area contributed by atoms with Crippen molar-refractivity contribution < 1.29 is 13.2 Å². The van der Waals surface area contributed by atoms with Gasteiger partial charge < -0.3 is 15.8 Å².